The predicted octanol–water partition coefficient (Wildman–Crippen LogP) is 4.51. The molecule has 3 heteroatoms. The van der Waals surface area contributed by atoms with Gasteiger partial charge in [-0.05, 0) is 55.5 Å². The largest absolute Gasteiger partial charge is 0.445 e. The summed E-state index contributed by atoms with van der Waals surface area (Å²) in [5.74, 6) is 0.767. The van der Waals surface area contributed by atoms with E-state index in [-0.39, 0.29) is 0 Å². The summed E-state index contributed by atoms with van der Waals surface area (Å²) >= 11 is 8.63. The van der Waals surface area contributed by atoms with Gasteiger partial charge in [-0.15, -0.1) is 0 Å². The first kappa shape index (κ1) is 12.3. The average molecular weight is 307 g/mol. The molecule has 0 spiro atoms. The highest BCUT2D eigenvalue weighted by Gasteiger charge is 2.03. The highest BCUT2D eigenvalue weighted by atomic mass is 79.9. The van der Waals surface area contributed by atoms with Gasteiger partial charge in [0.2, 0.25) is 0 Å². The zero-order valence-corrected chi connectivity index (χ0v) is 11.7. The van der Waals surface area contributed by atoms with Crippen LogP contribution in [-0.2, 0) is 0 Å². The van der Waals surface area contributed by atoms with Gasteiger partial charge in [-0.3, -0.25) is 0 Å². The van der Waals surface area contributed by atoms with Crippen LogP contribution in [0.15, 0.2) is 53.0 Å². The number of thiocarbonyl (C=S) groups is 1. The molecule has 2 aromatic carbocycles. The summed E-state index contributed by atoms with van der Waals surface area (Å²) in [7, 11) is 0. The van der Waals surface area contributed by atoms with Crippen LogP contribution in [-0.4, -0.2) is 5.05 Å². The number of hydrogen-bond acceptors (Lipinski definition) is 2. The molecule has 0 N–H and O–H groups in total. The van der Waals surface area contributed by atoms with Gasteiger partial charge in [0.25, 0.3) is 0 Å². The van der Waals surface area contributed by atoms with Crippen LogP contribution >= 0.6 is 28.1 Å². The molecule has 0 fully saturated rings. The van der Waals surface area contributed by atoms with Crippen molar-refractivity contribution in [2.75, 3.05) is 0 Å². The molecule has 0 radical (unpaired) electrons. The van der Waals surface area contributed by atoms with E-state index < -0.39 is 0 Å². The lowest BCUT2D eigenvalue weighted by atomic mass is 10.2. The Kier molecular flexibility index (Phi) is 3.92. The Morgan fingerprint density at radius 1 is 1.00 bits per heavy atom. The molecular formula is C14H11BrOS. The van der Waals surface area contributed by atoms with Crippen LogP contribution in [0.4, 0.5) is 0 Å². The van der Waals surface area contributed by atoms with Gasteiger partial charge in [0.15, 0.2) is 5.05 Å². The maximum atomic E-state index is 5.61. The first-order valence-corrected chi connectivity index (χ1v) is 6.40. The Hall–Kier alpha value is -1.19. The van der Waals surface area contributed by atoms with Gasteiger partial charge < -0.3 is 4.74 Å². The minimum atomic E-state index is 0.487. The molecule has 0 atom stereocenters. The lowest BCUT2D eigenvalue weighted by molar-refractivity contribution is 0.566. The minimum absolute atomic E-state index is 0.487. The Labute approximate surface area is 115 Å². The lowest BCUT2D eigenvalue weighted by Crippen LogP contribution is -2.06. The summed E-state index contributed by atoms with van der Waals surface area (Å²) < 4.78 is 6.64. The fourth-order valence-corrected chi connectivity index (χ4v) is 1.85. The summed E-state index contributed by atoms with van der Waals surface area (Å²) in [6.45, 7) is 2.04. The number of halogens is 1. The molecule has 17 heavy (non-hydrogen) atoms. The van der Waals surface area contributed by atoms with Crippen molar-refractivity contribution in [3.05, 3.63) is 64.1 Å². The fourth-order valence-electron chi connectivity index (χ4n) is 1.36. The van der Waals surface area contributed by atoms with Gasteiger partial charge in [-0.2, -0.15) is 0 Å². The molecule has 0 bridgehead atoms. The maximum absolute atomic E-state index is 5.61. The van der Waals surface area contributed by atoms with Crippen LogP contribution in [0.5, 0.6) is 5.75 Å². The van der Waals surface area contributed by atoms with Crippen molar-refractivity contribution in [3.8, 4) is 5.75 Å². The third-order valence-corrected chi connectivity index (χ3v) is 3.16. The number of benzene rings is 2. The summed E-state index contributed by atoms with van der Waals surface area (Å²) in [6, 6.07) is 15.6. The highest BCUT2D eigenvalue weighted by molar-refractivity contribution is 9.10. The van der Waals surface area contributed by atoms with E-state index in [4.69, 9.17) is 17.0 Å². The van der Waals surface area contributed by atoms with Gasteiger partial charge >= 0.3 is 0 Å². The Bertz CT molecular complexity index is 517. The normalized spacial score (nSPS) is 10.0. The third-order valence-electron chi connectivity index (χ3n) is 2.31. The second-order valence-corrected chi connectivity index (χ2v) is 5.00. The molecule has 0 aliphatic carbocycles. The van der Waals surface area contributed by atoms with E-state index in [1.165, 1.54) is 5.56 Å². The van der Waals surface area contributed by atoms with Crippen molar-refractivity contribution in [2.45, 2.75) is 6.92 Å². The molecule has 0 saturated heterocycles. The second kappa shape index (κ2) is 5.43. The lowest BCUT2D eigenvalue weighted by Gasteiger charge is -2.07. The van der Waals surface area contributed by atoms with Crippen LogP contribution in [0.25, 0.3) is 0 Å². The second-order valence-electron chi connectivity index (χ2n) is 3.71. The molecule has 1 nitrogen and oxygen atoms in total. The van der Waals surface area contributed by atoms with E-state index >= 15 is 0 Å². The van der Waals surface area contributed by atoms with E-state index in [0.29, 0.717) is 5.05 Å². The minimum Gasteiger partial charge on any atom is -0.445 e. The molecule has 0 heterocycles. The fraction of sp³-hybridized carbons (Fsp3) is 0.0714. The number of rotatable bonds is 2. The van der Waals surface area contributed by atoms with E-state index in [1.807, 2.05) is 55.5 Å². The molecule has 2 aromatic rings. The number of aryl methyl sites for hydroxylation is 1. The van der Waals surface area contributed by atoms with Crippen molar-refractivity contribution >= 4 is 33.2 Å². The highest BCUT2D eigenvalue weighted by Crippen LogP contribution is 2.16. The Morgan fingerprint density at radius 2 is 1.59 bits per heavy atom. The van der Waals surface area contributed by atoms with Crippen LogP contribution in [0.3, 0.4) is 0 Å². The monoisotopic (exact) mass is 306 g/mol. The summed E-state index contributed by atoms with van der Waals surface area (Å²) in [5, 5.41) is 0.487. The SMILES string of the molecule is Cc1ccc(OC(=S)c2ccc(Br)cc2)cc1. The van der Waals surface area contributed by atoms with Crippen LogP contribution in [0.1, 0.15) is 11.1 Å². The van der Waals surface area contributed by atoms with E-state index in [0.717, 1.165) is 15.8 Å². The van der Waals surface area contributed by atoms with Gasteiger partial charge in [0, 0.05) is 10.0 Å². The molecule has 0 saturated carbocycles. The van der Waals surface area contributed by atoms with E-state index in [1.54, 1.807) is 0 Å². The first-order chi connectivity index (χ1) is 8.15. The zero-order chi connectivity index (χ0) is 12.3. The summed E-state index contributed by atoms with van der Waals surface area (Å²) in [4.78, 5) is 0. The zero-order valence-electron chi connectivity index (χ0n) is 9.31. The van der Waals surface area contributed by atoms with Gasteiger partial charge in [-0.25, -0.2) is 0 Å². The van der Waals surface area contributed by atoms with Crippen molar-refractivity contribution in [3.63, 3.8) is 0 Å². The topological polar surface area (TPSA) is 9.23 Å². The Balaban J connectivity index is 2.11. The smallest absolute Gasteiger partial charge is 0.198 e. The van der Waals surface area contributed by atoms with E-state index in [2.05, 4.69) is 15.9 Å². The van der Waals surface area contributed by atoms with Crippen molar-refractivity contribution in [1.29, 1.82) is 0 Å². The molecule has 0 unspecified atom stereocenters. The standard InChI is InChI=1S/C14H11BrOS/c1-10-2-8-13(9-3-10)16-14(17)11-4-6-12(15)7-5-11/h2-9H,1H3. The maximum Gasteiger partial charge on any atom is 0.198 e. The van der Waals surface area contributed by atoms with Gasteiger partial charge in [0.1, 0.15) is 5.75 Å². The molecule has 0 aliphatic rings. The van der Waals surface area contributed by atoms with Crippen molar-refractivity contribution in [1.82, 2.24) is 0 Å². The number of ether oxygens (including phenoxy) is 1. The Morgan fingerprint density at radius 3 is 2.18 bits per heavy atom. The quantitative estimate of drug-likeness (QED) is 0.755. The average Bonchev–Trinajstić information content (AvgIpc) is 2.33. The number of hydrogen-bond donors (Lipinski definition) is 0. The van der Waals surface area contributed by atoms with Crippen LogP contribution < -0.4 is 4.74 Å². The third kappa shape index (κ3) is 3.38. The van der Waals surface area contributed by atoms with Crippen molar-refractivity contribution in [2.24, 2.45) is 0 Å². The first-order valence-electron chi connectivity index (χ1n) is 5.19. The molecule has 86 valence electrons. The van der Waals surface area contributed by atoms with Crippen LogP contribution in [0, 0.1) is 6.92 Å². The molecular weight excluding hydrogens is 296 g/mol. The van der Waals surface area contributed by atoms with Gasteiger partial charge in [0.05, 0.1) is 0 Å². The molecule has 0 aromatic heterocycles. The predicted molar refractivity (Wildman–Crippen MR) is 77.6 cm³/mol. The molecule has 0 aliphatic heterocycles. The van der Waals surface area contributed by atoms with Crippen LogP contribution in [0.2, 0.25) is 0 Å². The molecule has 2 rings (SSSR count). The van der Waals surface area contributed by atoms with Gasteiger partial charge in [-0.1, -0.05) is 33.6 Å². The summed E-state index contributed by atoms with van der Waals surface area (Å²) in [6.07, 6.45) is 0. The summed E-state index contributed by atoms with van der Waals surface area (Å²) in [5.41, 5.74) is 2.11. The van der Waals surface area contributed by atoms with Crippen molar-refractivity contribution < 1.29 is 4.74 Å². The van der Waals surface area contributed by atoms with E-state index in [9.17, 15) is 0 Å². The molecule has 0 amide bonds.